The van der Waals surface area contributed by atoms with Crippen molar-refractivity contribution in [1.82, 2.24) is 19.8 Å². The quantitative estimate of drug-likeness (QED) is 0.145. The lowest BCUT2D eigenvalue weighted by molar-refractivity contribution is -0.171. The summed E-state index contributed by atoms with van der Waals surface area (Å²) in [6.45, 7) is 13.6. The number of rotatable bonds is 23. The van der Waals surface area contributed by atoms with Gasteiger partial charge in [0.25, 0.3) is 10.0 Å². The highest BCUT2D eigenvalue weighted by Crippen LogP contribution is 2.52. The molecule has 2 aliphatic rings. The maximum absolute atomic E-state index is 14.2. The molecule has 0 unspecified atom stereocenters. The summed E-state index contributed by atoms with van der Waals surface area (Å²) >= 11 is 0. The van der Waals surface area contributed by atoms with Gasteiger partial charge in [0.15, 0.2) is 5.78 Å². The van der Waals surface area contributed by atoms with Gasteiger partial charge in [0, 0.05) is 52.0 Å². The number of halogens is 3. The van der Waals surface area contributed by atoms with E-state index in [0.29, 0.717) is 44.2 Å². The average molecular weight is 873 g/mol. The molecule has 2 N–H and O–H groups in total. The molecule has 13 nitrogen and oxygen atoms in total. The van der Waals surface area contributed by atoms with Crippen molar-refractivity contribution in [1.29, 1.82) is 0 Å². The van der Waals surface area contributed by atoms with Crippen molar-refractivity contribution in [3.05, 3.63) is 29.8 Å². The summed E-state index contributed by atoms with van der Waals surface area (Å²) in [5.41, 5.74) is -0.596. The molecule has 340 valence electrons. The fraction of sp³-hybridized carbons (Fsp3) is 0.744. The van der Waals surface area contributed by atoms with Gasteiger partial charge in [0.2, 0.25) is 23.5 Å². The summed E-state index contributed by atoms with van der Waals surface area (Å²) < 4.78 is 79.4. The number of amides is 3. The summed E-state index contributed by atoms with van der Waals surface area (Å²) in [5, 5.41) is 3.07. The van der Waals surface area contributed by atoms with Crippen molar-refractivity contribution in [2.24, 2.45) is 29.6 Å². The summed E-state index contributed by atoms with van der Waals surface area (Å²) in [4.78, 5) is 69.9. The Bertz CT molecular complexity index is 1770. The topological polar surface area (TPSA) is 168 Å². The van der Waals surface area contributed by atoms with Crippen LogP contribution >= 0.6 is 0 Å². The first kappa shape index (κ1) is 50.9. The van der Waals surface area contributed by atoms with Crippen LogP contribution < -0.4 is 10.0 Å². The van der Waals surface area contributed by atoms with Gasteiger partial charge in [-0.05, 0) is 68.2 Å². The molecule has 2 fully saturated rings. The van der Waals surface area contributed by atoms with Crippen LogP contribution in [0, 0.1) is 29.6 Å². The van der Waals surface area contributed by atoms with Crippen LogP contribution in [-0.2, 0) is 48.9 Å². The SMILES string of the molecule is CC[C@H](C)[C@@H]([C@@H](CC(=O)N1CCC[C@H]1[C@H](OC)[C@@H](C)C(=O)NS(=O)(=O)c1ccc(C2(CC(=O)C(F)(F)F)CC2)cc1)OC)N(C)C(=O)[C@@H](CC(=O)[C@@H](NC)C(C)C)C(C)C. The van der Waals surface area contributed by atoms with E-state index in [1.807, 2.05) is 41.5 Å². The number of Topliss-reactive ketones (excluding diaryl/α,β-unsaturated/α-hetero) is 2. The minimum absolute atomic E-state index is 0.0409. The van der Waals surface area contributed by atoms with Gasteiger partial charge in [-0.25, -0.2) is 13.1 Å². The van der Waals surface area contributed by atoms with Gasteiger partial charge in [0.05, 0.1) is 47.6 Å². The lowest BCUT2D eigenvalue weighted by Crippen LogP contribution is -2.54. The third kappa shape index (κ3) is 12.2. The van der Waals surface area contributed by atoms with Crippen molar-refractivity contribution in [3.8, 4) is 0 Å². The summed E-state index contributed by atoms with van der Waals surface area (Å²) in [6, 6.07) is 3.62. The predicted molar refractivity (Wildman–Crippen MR) is 220 cm³/mol. The highest BCUT2D eigenvalue weighted by atomic mass is 32.2. The molecule has 8 atom stereocenters. The van der Waals surface area contributed by atoms with Crippen molar-refractivity contribution in [3.63, 3.8) is 0 Å². The van der Waals surface area contributed by atoms with E-state index < -0.39 is 81.9 Å². The van der Waals surface area contributed by atoms with Gasteiger partial charge in [-0.3, -0.25) is 24.0 Å². The first-order chi connectivity index (χ1) is 27.9. The first-order valence-electron chi connectivity index (χ1n) is 21.0. The molecule has 1 aliphatic heterocycles. The van der Waals surface area contributed by atoms with Crippen LogP contribution in [0.3, 0.4) is 0 Å². The van der Waals surface area contributed by atoms with Crippen LogP contribution in [0.4, 0.5) is 13.2 Å². The van der Waals surface area contributed by atoms with Gasteiger partial charge in [-0.1, -0.05) is 67.0 Å². The minimum atomic E-state index is -4.96. The van der Waals surface area contributed by atoms with Gasteiger partial charge >= 0.3 is 6.18 Å². The number of ether oxygens (including phenoxy) is 2. The average Bonchev–Trinajstić information content (AvgIpc) is 3.80. The molecule has 0 aromatic heterocycles. The van der Waals surface area contributed by atoms with E-state index in [4.69, 9.17) is 9.47 Å². The van der Waals surface area contributed by atoms with E-state index in [2.05, 4.69) is 10.0 Å². The smallest absolute Gasteiger partial charge is 0.379 e. The molecule has 0 spiro atoms. The van der Waals surface area contributed by atoms with Crippen LogP contribution in [-0.4, -0.2) is 119 Å². The van der Waals surface area contributed by atoms with Crippen molar-refractivity contribution >= 4 is 39.3 Å². The molecule has 0 bridgehead atoms. The lowest BCUT2D eigenvalue weighted by Gasteiger charge is -2.41. The second-order valence-electron chi connectivity index (χ2n) is 17.5. The molecule has 1 aromatic rings. The van der Waals surface area contributed by atoms with E-state index in [-0.39, 0.29) is 53.1 Å². The number of nitrogens with zero attached hydrogens (tertiary/aromatic N) is 2. The molecule has 1 aromatic carbocycles. The molecular weight excluding hydrogens is 806 g/mol. The normalized spacial score (nSPS) is 20.2. The predicted octanol–water partition coefficient (Wildman–Crippen LogP) is 5.44. The second-order valence-corrected chi connectivity index (χ2v) is 19.2. The fourth-order valence-corrected chi connectivity index (χ4v) is 9.85. The third-order valence-electron chi connectivity index (χ3n) is 12.8. The van der Waals surface area contributed by atoms with Crippen molar-refractivity contribution < 1.29 is 55.0 Å². The first-order valence-corrected chi connectivity index (χ1v) is 22.5. The molecule has 1 heterocycles. The molecule has 3 amide bonds. The number of ketones is 2. The molecule has 1 saturated heterocycles. The number of benzene rings is 1. The van der Waals surface area contributed by atoms with Crippen LogP contribution in [0.2, 0.25) is 0 Å². The standard InChI is InChI=1S/C43H67F3N4O9S/c1-12-27(6)38(49(9)41(55)31(25(2)3)22-33(51)37(47-8)26(4)5)34(58-10)23-36(53)50-21-13-14-32(50)39(59-11)28(7)40(54)48-60(56,57)30-17-15-29(16-18-30)42(19-20-42)24-35(52)43(44,45)46/h15-18,25-28,31-32,34,37-39,47H,12-14,19-24H2,1-11H3,(H,48,54)/t27-,28+,31-,32-,34+,37-,38-,39+/m0/s1. The van der Waals surface area contributed by atoms with Crippen LogP contribution in [0.15, 0.2) is 29.2 Å². The number of likely N-dealkylation sites (N-methyl/N-ethyl adjacent to an activating group) is 2. The Balaban J connectivity index is 1.76. The highest BCUT2D eigenvalue weighted by Gasteiger charge is 2.51. The van der Waals surface area contributed by atoms with E-state index in [1.165, 1.54) is 45.4 Å². The Hall–Kier alpha value is -3.41. The Morgan fingerprint density at radius 3 is 2.02 bits per heavy atom. The zero-order valence-electron chi connectivity index (χ0n) is 37.1. The Labute approximate surface area is 354 Å². The van der Waals surface area contributed by atoms with Crippen LogP contribution in [0.1, 0.15) is 105 Å². The van der Waals surface area contributed by atoms with Gasteiger partial charge in [0.1, 0.15) is 0 Å². The van der Waals surface area contributed by atoms with E-state index in [0.717, 1.165) is 0 Å². The Morgan fingerprint density at radius 2 is 1.55 bits per heavy atom. The Kier molecular flexibility index (Phi) is 17.9. The molecule has 1 aliphatic carbocycles. The second kappa shape index (κ2) is 21.1. The van der Waals surface area contributed by atoms with Crippen molar-refractivity contribution in [2.75, 3.05) is 34.9 Å². The van der Waals surface area contributed by atoms with Gasteiger partial charge in [-0.15, -0.1) is 0 Å². The lowest BCUT2D eigenvalue weighted by atomic mass is 9.84. The molecule has 17 heteroatoms. The maximum Gasteiger partial charge on any atom is 0.450 e. The number of hydrogen-bond acceptors (Lipinski definition) is 10. The minimum Gasteiger partial charge on any atom is -0.379 e. The number of methoxy groups -OCH3 is 2. The maximum atomic E-state index is 14.2. The zero-order chi connectivity index (χ0) is 45.5. The molecule has 60 heavy (non-hydrogen) atoms. The highest BCUT2D eigenvalue weighted by molar-refractivity contribution is 7.90. The number of carbonyl (C=O) groups is 5. The number of sulfonamides is 1. The number of alkyl halides is 3. The van der Waals surface area contributed by atoms with E-state index in [1.54, 1.807) is 23.9 Å². The summed E-state index contributed by atoms with van der Waals surface area (Å²) in [7, 11) is 1.88. The largest absolute Gasteiger partial charge is 0.450 e. The van der Waals surface area contributed by atoms with E-state index >= 15 is 0 Å². The summed E-state index contributed by atoms with van der Waals surface area (Å²) in [6.07, 6.45) is -4.86. The van der Waals surface area contributed by atoms with Crippen LogP contribution in [0.25, 0.3) is 0 Å². The molecular formula is C43H67F3N4O9S. The number of likely N-dealkylation sites (tertiary alicyclic amines) is 1. The molecule has 0 radical (unpaired) electrons. The molecule has 3 rings (SSSR count). The third-order valence-corrected chi connectivity index (χ3v) is 14.2. The van der Waals surface area contributed by atoms with E-state index in [9.17, 15) is 45.6 Å². The van der Waals surface area contributed by atoms with Crippen molar-refractivity contribution in [2.45, 2.75) is 147 Å². The zero-order valence-corrected chi connectivity index (χ0v) is 37.9. The summed E-state index contributed by atoms with van der Waals surface area (Å²) in [5.74, 6) is -5.05. The van der Waals surface area contributed by atoms with Gasteiger partial charge in [-0.2, -0.15) is 13.2 Å². The van der Waals surface area contributed by atoms with Crippen LogP contribution in [0.5, 0.6) is 0 Å². The van der Waals surface area contributed by atoms with Gasteiger partial charge < -0.3 is 24.6 Å². The molecule has 1 saturated carbocycles. The fourth-order valence-electron chi connectivity index (χ4n) is 8.78. The number of hydrogen-bond donors (Lipinski definition) is 2. The number of nitrogens with one attached hydrogen (secondary N) is 2. The number of carbonyl (C=O) groups excluding carboxylic acids is 5. The Morgan fingerprint density at radius 1 is 0.950 bits per heavy atom. The monoisotopic (exact) mass is 872 g/mol.